The number of nitrogens with two attached hydrogens (primary N) is 1. The standard InChI is InChI=1S/C16H14ClN3O3S/c1-8-12(9-2-4-10(17)5-3-9)13-14(24-8)19-16(23)20(15(13)22)7-6-11(18)21/h2-5H,6-7H2,1H3,(H2,18,21)(H,19,23). The first-order chi connectivity index (χ1) is 11.4. The highest BCUT2D eigenvalue weighted by Crippen LogP contribution is 2.35. The van der Waals surface area contributed by atoms with Gasteiger partial charge in [0.2, 0.25) is 5.91 Å². The SMILES string of the molecule is Cc1sc2[nH]c(=O)n(CCC(N)=O)c(=O)c2c1-c1ccc(Cl)cc1. The van der Waals surface area contributed by atoms with Crippen molar-refractivity contribution in [3.63, 3.8) is 0 Å². The molecule has 6 nitrogen and oxygen atoms in total. The van der Waals surface area contributed by atoms with Gasteiger partial charge in [0.05, 0.1) is 5.39 Å². The van der Waals surface area contributed by atoms with Crippen LogP contribution in [-0.2, 0) is 11.3 Å². The highest BCUT2D eigenvalue weighted by Gasteiger charge is 2.18. The number of carbonyl (C=O) groups excluding carboxylic acids is 1. The van der Waals surface area contributed by atoms with Gasteiger partial charge in [-0.1, -0.05) is 23.7 Å². The first kappa shape index (κ1) is 16.5. The molecule has 0 bridgehead atoms. The average Bonchev–Trinajstić information content (AvgIpc) is 2.83. The summed E-state index contributed by atoms with van der Waals surface area (Å²) in [6.45, 7) is 1.84. The van der Waals surface area contributed by atoms with Crippen LogP contribution < -0.4 is 17.0 Å². The summed E-state index contributed by atoms with van der Waals surface area (Å²) in [5.74, 6) is -0.569. The van der Waals surface area contributed by atoms with Gasteiger partial charge in [-0.05, 0) is 24.6 Å². The molecule has 0 spiro atoms. The van der Waals surface area contributed by atoms with E-state index < -0.39 is 17.2 Å². The Balaban J connectivity index is 2.27. The molecule has 8 heteroatoms. The van der Waals surface area contributed by atoms with E-state index in [0.717, 1.165) is 20.6 Å². The molecule has 1 aromatic carbocycles. The number of aromatic amines is 1. The normalized spacial score (nSPS) is 11.1. The van der Waals surface area contributed by atoms with Crippen LogP contribution in [0.4, 0.5) is 0 Å². The van der Waals surface area contributed by atoms with Gasteiger partial charge < -0.3 is 5.73 Å². The monoisotopic (exact) mass is 363 g/mol. The molecule has 2 heterocycles. The number of thiophene rings is 1. The Labute approximate surface area is 145 Å². The zero-order chi connectivity index (χ0) is 17.4. The summed E-state index contributed by atoms with van der Waals surface area (Å²) in [5.41, 5.74) is 5.75. The van der Waals surface area contributed by atoms with Crippen molar-refractivity contribution in [2.75, 3.05) is 0 Å². The average molecular weight is 364 g/mol. The van der Waals surface area contributed by atoms with Crippen LogP contribution in [0.5, 0.6) is 0 Å². The van der Waals surface area contributed by atoms with Crippen LogP contribution in [0.15, 0.2) is 33.9 Å². The number of aryl methyl sites for hydroxylation is 1. The summed E-state index contributed by atoms with van der Waals surface area (Å²) in [5, 5.41) is 1.03. The lowest BCUT2D eigenvalue weighted by Gasteiger charge is -2.05. The lowest BCUT2D eigenvalue weighted by molar-refractivity contribution is -0.118. The minimum atomic E-state index is -0.569. The van der Waals surface area contributed by atoms with E-state index in [0.29, 0.717) is 15.2 Å². The number of hydrogen-bond donors (Lipinski definition) is 2. The molecule has 0 unspecified atom stereocenters. The van der Waals surface area contributed by atoms with Gasteiger partial charge in [-0.15, -0.1) is 11.3 Å². The summed E-state index contributed by atoms with van der Waals surface area (Å²) in [6.07, 6.45) is -0.0755. The summed E-state index contributed by atoms with van der Waals surface area (Å²) in [4.78, 5) is 40.0. The van der Waals surface area contributed by atoms with Crippen molar-refractivity contribution in [2.45, 2.75) is 19.9 Å². The van der Waals surface area contributed by atoms with Gasteiger partial charge in [-0.25, -0.2) is 4.79 Å². The van der Waals surface area contributed by atoms with Crippen LogP contribution in [0.25, 0.3) is 21.3 Å². The second-order valence-electron chi connectivity index (χ2n) is 5.35. The van der Waals surface area contributed by atoms with Gasteiger partial charge in [-0.2, -0.15) is 0 Å². The van der Waals surface area contributed by atoms with Crippen LogP contribution in [0.2, 0.25) is 5.02 Å². The van der Waals surface area contributed by atoms with Crippen molar-refractivity contribution in [2.24, 2.45) is 5.73 Å². The predicted octanol–water partition coefficient (Wildman–Crippen LogP) is 2.26. The number of nitrogens with one attached hydrogen (secondary N) is 1. The third-order valence-electron chi connectivity index (χ3n) is 3.72. The number of nitrogens with zero attached hydrogens (tertiary/aromatic N) is 1. The first-order valence-electron chi connectivity index (χ1n) is 7.19. The number of fused-ring (bicyclic) bond motifs is 1. The Hall–Kier alpha value is -2.38. The van der Waals surface area contributed by atoms with Gasteiger partial charge in [0.25, 0.3) is 5.56 Å². The van der Waals surface area contributed by atoms with Crippen molar-refractivity contribution in [3.8, 4) is 11.1 Å². The van der Waals surface area contributed by atoms with E-state index >= 15 is 0 Å². The summed E-state index contributed by atoms with van der Waals surface area (Å²) < 4.78 is 1.01. The number of H-pyrrole nitrogens is 1. The van der Waals surface area contributed by atoms with E-state index in [1.165, 1.54) is 11.3 Å². The molecule has 0 aliphatic heterocycles. The van der Waals surface area contributed by atoms with Crippen LogP contribution in [0, 0.1) is 6.92 Å². The second kappa shape index (κ2) is 6.26. The maximum atomic E-state index is 12.8. The van der Waals surface area contributed by atoms with Crippen molar-refractivity contribution >= 4 is 39.1 Å². The third-order valence-corrected chi connectivity index (χ3v) is 5.00. The molecule has 0 fully saturated rings. The largest absolute Gasteiger partial charge is 0.370 e. The van der Waals surface area contributed by atoms with Crippen LogP contribution >= 0.6 is 22.9 Å². The van der Waals surface area contributed by atoms with Crippen molar-refractivity contribution < 1.29 is 4.79 Å². The summed E-state index contributed by atoms with van der Waals surface area (Å²) in [6, 6.07) is 7.15. The maximum absolute atomic E-state index is 12.8. The van der Waals surface area contributed by atoms with Crippen LogP contribution in [-0.4, -0.2) is 15.5 Å². The summed E-state index contributed by atoms with van der Waals surface area (Å²) >= 11 is 7.27. The minimum absolute atomic E-state index is 0.0472. The van der Waals surface area contributed by atoms with Crippen molar-refractivity contribution in [3.05, 3.63) is 55.0 Å². The van der Waals surface area contributed by atoms with Crippen molar-refractivity contribution in [1.29, 1.82) is 0 Å². The first-order valence-corrected chi connectivity index (χ1v) is 8.38. The minimum Gasteiger partial charge on any atom is -0.370 e. The molecular weight excluding hydrogens is 350 g/mol. The van der Waals surface area contributed by atoms with E-state index in [-0.39, 0.29) is 13.0 Å². The molecule has 0 aliphatic carbocycles. The molecule has 3 N–H and O–H groups in total. The molecule has 124 valence electrons. The predicted molar refractivity (Wildman–Crippen MR) is 95.7 cm³/mol. The number of amides is 1. The third kappa shape index (κ3) is 2.88. The number of aromatic nitrogens is 2. The van der Waals surface area contributed by atoms with E-state index in [2.05, 4.69) is 4.98 Å². The van der Waals surface area contributed by atoms with Crippen LogP contribution in [0.3, 0.4) is 0 Å². The Bertz CT molecular complexity index is 1050. The summed E-state index contributed by atoms with van der Waals surface area (Å²) in [7, 11) is 0. The number of halogens is 1. The van der Waals surface area contributed by atoms with Gasteiger partial charge >= 0.3 is 5.69 Å². The molecule has 2 aromatic heterocycles. The fourth-order valence-corrected chi connectivity index (χ4v) is 3.80. The van der Waals surface area contributed by atoms with Gasteiger partial charge in [0, 0.05) is 28.4 Å². The molecule has 3 aromatic rings. The number of primary amides is 1. The maximum Gasteiger partial charge on any atom is 0.329 e. The molecule has 0 radical (unpaired) electrons. The quantitative estimate of drug-likeness (QED) is 0.743. The van der Waals surface area contributed by atoms with E-state index in [1.807, 2.05) is 19.1 Å². The molecule has 0 saturated carbocycles. The topological polar surface area (TPSA) is 97.9 Å². The van der Waals surface area contributed by atoms with E-state index in [9.17, 15) is 14.4 Å². The Morgan fingerprint density at radius 3 is 2.58 bits per heavy atom. The fourth-order valence-electron chi connectivity index (χ4n) is 2.62. The lowest BCUT2D eigenvalue weighted by Crippen LogP contribution is -2.36. The number of carbonyl (C=O) groups is 1. The zero-order valence-electron chi connectivity index (χ0n) is 12.8. The molecule has 0 atom stereocenters. The molecule has 24 heavy (non-hydrogen) atoms. The fraction of sp³-hybridized carbons (Fsp3) is 0.188. The number of hydrogen-bond acceptors (Lipinski definition) is 4. The molecule has 0 saturated heterocycles. The Kier molecular flexibility index (Phi) is 4.29. The molecule has 0 aliphatic rings. The number of benzene rings is 1. The van der Waals surface area contributed by atoms with Crippen LogP contribution in [0.1, 0.15) is 11.3 Å². The Morgan fingerprint density at radius 1 is 1.29 bits per heavy atom. The van der Waals surface area contributed by atoms with E-state index in [1.54, 1.807) is 12.1 Å². The molecule has 3 rings (SSSR count). The lowest BCUT2D eigenvalue weighted by atomic mass is 10.0. The second-order valence-corrected chi connectivity index (χ2v) is 7.01. The zero-order valence-corrected chi connectivity index (χ0v) is 14.3. The van der Waals surface area contributed by atoms with Gasteiger partial charge in [0.15, 0.2) is 0 Å². The smallest absolute Gasteiger partial charge is 0.329 e. The highest BCUT2D eigenvalue weighted by molar-refractivity contribution is 7.19. The Morgan fingerprint density at radius 2 is 1.96 bits per heavy atom. The van der Waals surface area contributed by atoms with Gasteiger partial charge in [-0.3, -0.25) is 19.1 Å². The van der Waals surface area contributed by atoms with Gasteiger partial charge in [0.1, 0.15) is 4.83 Å². The highest BCUT2D eigenvalue weighted by atomic mass is 35.5. The molecular formula is C16H14ClN3O3S. The number of rotatable bonds is 4. The molecule has 1 amide bonds. The van der Waals surface area contributed by atoms with E-state index in [4.69, 9.17) is 17.3 Å². The van der Waals surface area contributed by atoms with Crippen molar-refractivity contribution in [1.82, 2.24) is 9.55 Å².